The van der Waals surface area contributed by atoms with Gasteiger partial charge in [-0.1, -0.05) is 51.8 Å². The van der Waals surface area contributed by atoms with Crippen LogP contribution in [0.5, 0.6) is 5.75 Å². The molecule has 0 aliphatic carbocycles. The number of hydrogen-bond donors (Lipinski definition) is 3. The van der Waals surface area contributed by atoms with E-state index in [4.69, 9.17) is 11.2 Å². The Balaban J connectivity index is 3.38. The molecule has 0 saturated heterocycles. The first-order chi connectivity index (χ1) is 15.3. The van der Waals surface area contributed by atoms with Crippen molar-refractivity contribution >= 4 is 17.9 Å². The Bertz CT molecular complexity index is 883. The van der Waals surface area contributed by atoms with Crippen molar-refractivity contribution in [2.24, 2.45) is 5.92 Å². The maximum Gasteiger partial charge on any atom is 0.408 e. The number of aromatic hydroxyl groups is 1. The molecule has 0 bridgehead atoms. The van der Waals surface area contributed by atoms with Gasteiger partial charge in [0, 0.05) is 18.2 Å². The van der Waals surface area contributed by atoms with Gasteiger partial charge >= 0.3 is 6.09 Å². The number of carbonyl (C=O) groups excluding carboxylic acids is 3. The normalized spacial score (nSPS) is 12.9. The van der Waals surface area contributed by atoms with Crippen molar-refractivity contribution in [1.29, 1.82) is 0 Å². The van der Waals surface area contributed by atoms with Crippen LogP contribution in [0.1, 0.15) is 71.6 Å². The van der Waals surface area contributed by atoms with Crippen LogP contribution in [0, 0.1) is 25.3 Å². The highest BCUT2D eigenvalue weighted by atomic mass is 16.6. The van der Waals surface area contributed by atoms with Crippen LogP contribution in [0.4, 0.5) is 4.79 Å². The number of terminal acetylenes is 1. The van der Waals surface area contributed by atoms with E-state index < -0.39 is 35.6 Å². The number of phenols is 1. The highest BCUT2D eigenvalue weighted by Gasteiger charge is 2.38. The minimum atomic E-state index is -1.28. The fourth-order valence-corrected chi connectivity index (χ4v) is 3.15. The number of nitrogens with one attached hydrogen (secondary N) is 2. The van der Waals surface area contributed by atoms with Gasteiger partial charge in [-0.3, -0.25) is 14.5 Å². The van der Waals surface area contributed by atoms with E-state index in [1.54, 1.807) is 59.7 Å². The average Bonchev–Trinajstić information content (AvgIpc) is 2.70. The van der Waals surface area contributed by atoms with Gasteiger partial charge in [0.1, 0.15) is 17.4 Å². The Hall–Kier alpha value is -3.21. The minimum Gasteiger partial charge on any atom is -0.507 e. The molecule has 2 unspecified atom stereocenters. The zero-order valence-electron chi connectivity index (χ0n) is 20.7. The number of benzene rings is 1. The second kappa shape index (κ2) is 12.1. The molecule has 8 nitrogen and oxygen atoms in total. The number of carbonyl (C=O) groups is 3. The summed E-state index contributed by atoms with van der Waals surface area (Å²) in [6.07, 6.45) is 6.56. The maximum absolute atomic E-state index is 13.5. The Morgan fingerprint density at radius 1 is 1.24 bits per heavy atom. The Labute approximate surface area is 197 Å². The lowest BCUT2D eigenvalue weighted by molar-refractivity contribution is -0.139. The Kier molecular flexibility index (Phi) is 10.2. The molecule has 3 amide bonds. The third-order valence-corrected chi connectivity index (χ3v) is 4.88. The van der Waals surface area contributed by atoms with Crippen LogP contribution in [0.3, 0.4) is 0 Å². The standard InChI is InChI=1S/C25H37N3O5/c1-9-11-15-26-22(30)20(18-14-12-13-17(5)21(18)29)28(10-2)23(31)19(16(3)4)27-24(32)33-25(6,7)8/h2,12-14,16,19-20,29H,9,11,15H2,1,3-8H3,(H,26,30)(H,27,32). The molecule has 0 radical (unpaired) electrons. The van der Waals surface area contributed by atoms with Gasteiger partial charge < -0.3 is 20.5 Å². The molecule has 0 heterocycles. The van der Waals surface area contributed by atoms with Gasteiger partial charge in [-0.15, -0.1) is 0 Å². The van der Waals surface area contributed by atoms with Crippen molar-refractivity contribution in [2.75, 3.05) is 6.54 Å². The molecule has 3 N–H and O–H groups in total. The smallest absolute Gasteiger partial charge is 0.408 e. The van der Waals surface area contributed by atoms with E-state index in [9.17, 15) is 19.5 Å². The number of amides is 3. The minimum absolute atomic E-state index is 0.123. The molecule has 1 aromatic rings. The molecule has 0 aromatic heterocycles. The summed E-state index contributed by atoms with van der Waals surface area (Å²) in [5.41, 5.74) is -0.0131. The van der Waals surface area contributed by atoms with E-state index in [1.807, 2.05) is 6.92 Å². The zero-order valence-corrected chi connectivity index (χ0v) is 20.7. The Morgan fingerprint density at radius 2 is 1.88 bits per heavy atom. The molecule has 0 spiro atoms. The number of hydrogen-bond acceptors (Lipinski definition) is 5. The van der Waals surface area contributed by atoms with E-state index in [1.165, 1.54) is 0 Å². The highest BCUT2D eigenvalue weighted by Crippen LogP contribution is 2.32. The fourth-order valence-electron chi connectivity index (χ4n) is 3.15. The zero-order chi connectivity index (χ0) is 25.3. The summed E-state index contributed by atoms with van der Waals surface area (Å²) >= 11 is 0. The number of alkyl carbamates (subject to hydrolysis) is 1. The van der Waals surface area contributed by atoms with Crippen molar-refractivity contribution in [1.82, 2.24) is 15.5 Å². The van der Waals surface area contributed by atoms with Gasteiger partial charge in [0.05, 0.1) is 0 Å². The van der Waals surface area contributed by atoms with Crippen molar-refractivity contribution in [2.45, 2.75) is 79.0 Å². The maximum atomic E-state index is 13.5. The van der Waals surface area contributed by atoms with E-state index in [0.29, 0.717) is 12.1 Å². The molecule has 33 heavy (non-hydrogen) atoms. The summed E-state index contributed by atoms with van der Waals surface area (Å²) in [7, 11) is 0. The lowest BCUT2D eigenvalue weighted by Gasteiger charge is -2.32. The second-order valence-electron chi connectivity index (χ2n) is 9.27. The van der Waals surface area contributed by atoms with E-state index in [0.717, 1.165) is 17.7 Å². The van der Waals surface area contributed by atoms with Crippen LogP contribution in [0.25, 0.3) is 0 Å². The lowest BCUT2D eigenvalue weighted by atomic mass is 9.97. The van der Waals surface area contributed by atoms with E-state index in [2.05, 4.69) is 16.7 Å². The van der Waals surface area contributed by atoms with Crippen LogP contribution in [-0.4, -0.2) is 46.1 Å². The average molecular weight is 460 g/mol. The molecule has 0 aliphatic rings. The molecule has 1 rings (SSSR count). The molecule has 2 atom stereocenters. The van der Waals surface area contributed by atoms with Crippen molar-refractivity contribution in [3.8, 4) is 18.2 Å². The predicted octanol–water partition coefficient (Wildman–Crippen LogP) is 3.63. The number of aryl methyl sites for hydroxylation is 1. The summed E-state index contributed by atoms with van der Waals surface area (Å²) in [6.45, 7) is 12.7. The number of nitrogens with zero attached hydrogens (tertiary/aromatic N) is 1. The number of rotatable bonds is 9. The lowest BCUT2D eigenvalue weighted by Crippen LogP contribution is -2.53. The van der Waals surface area contributed by atoms with E-state index >= 15 is 0 Å². The van der Waals surface area contributed by atoms with Crippen molar-refractivity contribution < 1.29 is 24.2 Å². The SMILES string of the molecule is C#CN(C(=O)C(NC(=O)OC(C)(C)C)C(C)C)C(C(=O)NCCCC)c1cccc(C)c1O. The van der Waals surface area contributed by atoms with Crippen LogP contribution in [-0.2, 0) is 14.3 Å². The van der Waals surface area contributed by atoms with Gasteiger partial charge in [0.2, 0.25) is 5.91 Å². The summed E-state index contributed by atoms with van der Waals surface area (Å²) in [4.78, 5) is 40.0. The third kappa shape index (κ3) is 8.01. The van der Waals surface area contributed by atoms with Gasteiger partial charge in [-0.05, 0) is 45.6 Å². The molecular weight excluding hydrogens is 422 g/mol. The van der Waals surface area contributed by atoms with Crippen LogP contribution >= 0.6 is 0 Å². The number of unbranched alkanes of at least 4 members (excludes halogenated alkanes) is 1. The topological polar surface area (TPSA) is 108 Å². The van der Waals surface area contributed by atoms with Gasteiger partial charge in [-0.25, -0.2) is 4.79 Å². The molecule has 1 aromatic carbocycles. The molecule has 0 fully saturated rings. The van der Waals surface area contributed by atoms with Crippen LogP contribution < -0.4 is 10.6 Å². The number of ether oxygens (including phenoxy) is 1. The predicted molar refractivity (Wildman–Crippen MR) is 127 cm³/mol. The van der Waals surface area contributed by atoms with Gasteiger partial charge in [-0.2, -0.15) is 0 Å². The summed E-state index contributed by atoms with van der Waals surface area (Å²) in [5, 5.41) is 16.0. The molecule has 0 saturated carbocycles. The largest absolute Gasteiger partial charge is 0.507 e. The molecule has 8 heteroatoms. The Morgan fingerprint density at radius 3 is 2.39 bits per heavy atom. The first kappa shape index (κ1) is 27.8. The first-order valence-corrected chi connectivity index (χ1v) is 11.2. The summed E-state index contributed by atoms with van der Waals surface area (Å²) < 4.78 is 5.28. The second-order valence-corrected chi connectivity index (χ2v) is 9.27. The third-order valence-electron chi connectivity index (χ3n) is 4.88. The quantitative estimate of drug-likeness (QED) is 0.297. The molecule has 182 valence electrons. The van der Waals surface area contributed by atoms with Crippen molar-refractivity contribution in [3.05, 3.63) is 29.3 Å². The molecular formula is C25H37N3O5. The van der Waals surface area contributed by atoms with E-state index in [-0.39, 0.29) is 17.2 Å². The molecule has 0 aliphatic heterocycles. The van der Waals surface area contributed by atoms with Crippen molar-refractivity contribution in [3.63, 3.8) is 0 Å². The first-order valence-electron chi connectivity index (χ1n) is 11.2. The summed E-state index contributed by atoms with van der Waals surface area (Å²) in [5.74, 6) is -1.65. The van der Waals surface area contributed by atoms with Crippen LogP contribution in [0.2, 0.25) is 0 Å². The summed E-state index contributed by atoms with van der Waals surface area (Å²) in [6, 6.07) is 4.89. The fraction of sp³-hybridized carbons (Fsp3) is 0.560. The van der Waals surface area contributed by atoms with Crippen LogP contribution in [0.15, 0.2) is 18.2 Å². The number of para-hydroxylation sites is 1. The van der Waals surface area contributed by atoms with Gasteiger partial charge in [0.25, 0.3) is 5.91 Å². The monoisotopic (exact) mass is 459 g/mol. The van der Waals surface area contributed by atoms with Gasteiger partial charge in [0.15, 0.2) is 6.04 Å². The highest BCUT2D eigenvalue weighted by molar-refractivity contribution is 5.93. The number of phenolic OH excluding ortho intramolecular Hbond substituents is 1.